The number of likely N-dealkylation sites (tertiary alicyclic amines) is 1. The number of rotatable bonds is 6. The van der Waals surface area contributed by atoms with Crippen LogP contribution in [-0.2, 0) is 22.6 Å². The number of nitrogens with zero attached hydrogens (tertiary/aromatic N) is 2. The Kier molecular flexibility index (Phi) is 6.33. The van der Waals surface area contributed by atoms with E-state index in [0.29, 0.717) is 31.2 Å². The molecule has 6 nitrogen and oxygen atoms in total. The van der Waals surface area contributed by atoms with Crippen LogP contribution < -0.4 is 0 Å². The number of benzene rings is 2. The van der Waals surface area contributed by atoms with Crippen molar-refractivity contribution in [2.45, 2.75) is 38.1 Å². The molecule has 1 aromatic heterocycles. The van der Waals surface area contributed by atoms with Crippen molar-refractivity contribution in [1.82, 2.24) is 9.47 Å². The van der Waals surface area contributed by atoms with Crippen molar-refractivity contribution in [2.75, 3.05) is 26.3 Å². The summed E-state index contributed by atoms with van der Waals surface area (Å²) in [5, 5.41) is 10.6. The van der Waals surface area contributed by atoms with Gasteiger partial charge in [0, 0.05) is 28.1 Å². The van der Waals surface area contributed by atoms with Crippen LogP contribution in [0.3, 0.4) is 0 Å². The monoisotopic (exact) mass is 498 g/mol. The van der Waals surface area contributed by atoms with Crippen LogP contribution in [0, 0.1) is 0 Å². The minimum absolute atomic E-state index is 0.166. The number of para-hydroxylation sites is 1. The standard InChI is InChI=1S/C25H27BrN2O4/c26-22-6-5-18(25(29)30)13-19(22)14-27-9-7-17(8-10-27)21-15-28(16-24-31-11-12-32-24)23-4-2-1-3-20(21)23/h1-6,13,15,17,24H,7-12,14,16H2,(H,29,30). The third-order valence-electron chi connectivity index (χ3n) is 6.57. The number of ether oxygens (including phenoxy) is 2. The fourth-order valence-electron chi connectivity index (χ4n) is 4.90. The molecular weight excluding hydrogens is 472 g/mol. The first-order valence-electron chi connectivity index (χ1n) is 11.1. The molecule has 0 saturated carbocycles. The molecule has 3 aromatic rings. The van der Waals surface area contributed by atoms with Gasteiger partial charge in [0.05, 0.1) is 25.3 Å². The Labute approximate surface area is 195 Å². The zero-order valence-electron chi connectivity index (χ0n) is 17.9. The molecular formula is C25H27BrN2O4. The minimum Gasteiger partial charge on any atom is -0.478 e. The first-order valence-corrected chi connectivity index (χ1v) is 11.9. The number of aromatic carboxylic acids is 1. The van der Waals surface area contributed by atoms with E-state index in [4.69, 9.17) is 9.47 Å². The fraction of sp³-hybridized carbons (Fsp3) is 0.400. The Bertz CT molecular complexity index is 1110. The van der Waals surface area contributed by atoms with E-state index in [9.17, 15) is 9.90 Å². The van der Waals surface area contributed by atoms with Crippen LogP contribution >= 0.6 is 15.9 Å². The van der Waals surface area contributed by atoms with Gasteiger partial charge in [-0.1, -0.05) is 34.1 Å². The highest BCUT2D eigenvalue weighted by molar-refractivity contribution is 9.10. The summed E-state index contributed by atoms with van der Waals surface area (Å²) < 4.78 is 14.6. The van der Waals surface area contributed by atoms with E-state index in [1.807, 2.05) is 6.07 Å². The molecule has 0 amide bonds. The average molecular weight is 499 g/mol. The van der Waals surface area contributed by atoms with Crippen LogP contribution in [-0.4, -0.2) is 53.1 Å². The second-order valence-electron chi connectivity index (χ2n) is 8.59. The van der Waals surface area contributed by atoms with Gasteiger partial charge in [-0.15, -0.1) is 0 Å². The predicted octanol–water partition coefficient (Wildman–Crippen LogP) is 4.85. The van der Waals surface area contributed by atoms with Crippen LogP contribution in [0.25, 0.3) is 10.9 Å². The van der Waals surface area contributed by atoms with Gasteiger partial charge in [0.2, 0.25) is 0 Å². The van der Waals surface area contributed by atoms with Crippen LogP contribution in [0.5, 0.6) is 0 Å². The Morgan fingerprint density at radius 2 is 1.84 bits per heavy atom. The quantitative estimate of drug-likeness (QED) is 0.525. The van der Waals surface area contributed by atoms with E-state index in [-0.39, 0.29) is 6.29 Å². The molecule has 168 valence electrons. The molecule has 0 radical (unpaired) electrons. The van der Waals surface area contributed by atoms with Crippen LogP contribution in [0.15, 0.2) is 53.1 Å². The summed E-state index contributed by atoms with van der Waals surface area (Å²) in [6.07, 6.45) is 4.30. The van der Waals surface area contributed by atoms with Crippen molar-refractivity contribution in [3.63, 3.8) is 0 Å². The summed E-state index contributed by atoms with van der Waals surface area (Å²) >= 11 is 3.58. The molecule has 3 heterocycles. The lowest BCUT2D eigenvalue weighted by molar-refractivity contribution is -0.0517. The lowest BCUT2D eigenvalue weighted by atomic mass is 9.89. The molecule has 7 heteroatoms. The van der Waals surface area contributed by atoms with Gasteiger partial charge >= 0.3 is 5.97 Å². The third kappa shape index (κ3) is 4.48. The van der Waals surface area contributed by atoms with E-state index in [2.05, 4.69) is 55.9 Å². The summed E-state index contributed by atoms with van der Waals surface area (Å²) in [7, 11) is 0. The Morgan fingerprint density at radius 3 is 2.59 bits per heavy atom. The van der Waals surface area contributed by atoms with Crippen molar-refractivity contribution >= 4 is 32.8 Å². The molecule has 2 saturated heterocycles. The smallest absolute Gasteiger partial charge is 0.335 e. The van der Waals surface area contributed by atoms with Gasteiger partial charge in [-0.25, -0.2) is 4.79 Å². The number of piperidine rings is 1. The van der Waals surface area contributed by atoms with Crippen molar-refractivity contribution < 1.29 is 19.4 Å². The van der Waals surface area contributed by atoms with E-state index in [0.717, 1.165) is 42.5 Å². The second kappa shape index (κ2) is 9.35. The minimum atomic E-state index is -0.887. The number of carbonyl (C=O) groups is 1. The fourth-order valence-corrected chi connectivity index (χ4v) is 5.27. The highest BCUT2D eigenvalue weighted by atomic mass is 79.9. The molecule has 0 bridgehead atoms. The van der Waals surface area contributed by atoms with E-state index >= 15 is 0 Å². The number of aromatic nitrogens is 1. The molecule has 0 spiro atoms. The maximum atomic E-state index is 11.3. The lowest BCUT2D eigenvalue weighted by Crippen LogP contribution is -2.32. The van der Waals surface area contributed by atoms with Crippen LogP contribution in [0.1, 0.15) is 40.2 Å². The lowest BCUT2D eigenvalue weighted by Gasteiger charge is -2.32. The number of fused-ring (bicyclic) bond motifs is 1. The number of carboxylic acid groups (broad SMARTS) is 1. The number of hydrogen-bond acceptors (Lipinski definition) is 4. The van der Waals surface area contributed by atoms with Gasteiger partial charge in [0.25, 0.3) is 0 Å². The van der Waals surface area contributed by atoms with Crippen molar-refractivity contribution in [3.05, 3.63) is 69.8 Å². The number of halogens is 1. The van der Waals surface area contributed by atoms with E-state index in [1.54, 1.807) is 12.1 Å². The predicted molar refractivity (Wildman–Crippen MR) is 126 cm³/mol. The van der Waals surface area contributed by atoms with E-state index < -0.39 is 5.97 Å². The Hall–Kier alpha value is -2.19. The van der Waals surface area contributed by atoms with Crippen LogP contribution in [0.4, 0.5) is 0 Å². The molecule has 0 atom stereocenters. The Balaban J connectivity index is 1.29. The third-order valence-corrected chi connectivity index (χ3v) is 7.34. The molecule has 0 aliphatic carbocycles. The Morgan fingerprint density at radius 1 is 1.09 bits per heavy atom. The highest BCUT2D eigenvalue weighted by Crippen LogP contribution is 2.35. The van der Waals surface area contributed by atoms with Crippen LogP contribution in [0.2, 0.25) is 0 Å². The SMILES string of the molecule is O=C(O)c1ccc(Br)c(CN2CCC(c3cn(CC4OCCO4)c4ccccc34)CC2)c1. The zero-order chi connectivity index (χ0) is 22.1. The van der Waals surface area contributed by atoms with Gasteiger partial charge < -0.3 is 19.1 Å². The van der Waals surface area contributed by atoms with Crippen molar-refractivity contribution in [3.8, 4) is 0 Å². The first kappa shape index (κ1) is 21.6. The zero-order valence-corrected chi connectivity index (χ0v) is 19.5. The number of carboxylic acids is 1. The highest BCUT2D eigenvalue weighted by Gasteiger charge is 2.25. The summed E-state index contributed by atoms with van der Waals surface area (Å²) in [6.45, 7) is 4.78. The molecule has 2 aliphatic heterocycles. The molecule has 5 rings (SSSR count). The summed E-state index contributed by atoms with van der Waals surface area (Å²) in [6, 6.07) is 13.8. The molecule has 32 heavy (non-hydrogen) atoms. The van der Waals surface area contributed by atoms with Gasteiger partial charge in [-0.2, -0.15) is 0 Å². The van der Waals surface area contributed by atoms with Gasteiger partial charge in [0.15, 0.2) is 6.29 Å². The second-order valence-corrected chi connectivity index (χ2v) is 9.44. The van der Waals surface area contributed by atoms with Gasteiger partial charge in [-0.05, 0) is 67.2 Å². The maximum Gasteiger partial charge on any atom is 0.335 e. The average Bonchev–Trinajstić information content (AvgIpc) is 3.44. The first-order chi connectivity index (χ1) is 15.6. The van der Waals surface area contributed by atoms with Gasteiger partial charge in [-0.3, -0.25) is 4.90 Å². The summed E-state index contributed by atoms with van der Waals surface area (Å²) in [5.41, 5.74) is 4.00. The van der Waals surface area contributed by atoms with Gasteiger partial charge in [0.1, 0.15) is 0 Å². The van der Waals surface area contributed by atoms with Crippen molar-refractivity contribution in [1.29, 1.82) is 0 Å². The molecule has 1 N–H and O–H groups in total. The maximum absolute atomic E-state index is 11.3. The van der Waals surface area contributed by atoms with E-state index in [1.165, 1.54) is 16.5 Å². The molecule has 2 aliphatic rings. The summed E-state index contributed by atoms with van der Waals surface area (Å²) in [4.78, 5) is 13.7. The molecule has 0 unspecified atom stereocenters. The molecule has 2 aromatic carbocycles. The normalized spacial score (nSPS) is 18.5. The van der Waals surface area contributed by atoms with Crippen molar-refractivity contribution in [2.24, 2.45) is 0 Å². The molecule has 2 fully saturated rings. The summed E-state index contributed by atoms with van der Waals surface area (Å²) in [5.74, 6) is -0.376. The largest absolute Gasteiger partial charge is 0.478 e. The number of hydrogen-bond donors (Lipinski definition) is 1. The topological polar surface area (TPSA) is 63.9 Å².